The third-order valence-electron chi connectivity index (χ3n) is 2.36. The minimum Gasteiger partial charge on any atom is -0.478 e. The van der Waals surface area contributed by atoms with Crippen LogP contribution >= 0.6 is 0 Å². The van der Waals surface area contributed by atoms with E-state index in [1.807, 2.05) is 0 Å². The number of carbonyl (C=O) groups is 1. The molecule has 0 aliphatic rings. The van der Waals surface area contributed by atoms with Crippen molar-refractivity contribution in [3.05, 3.63) is 29.8 Å². The maximum atomic E-state index is 12.9. The quantitative estimate of drug-likeness (QED) is 0.864. The summed E-state index contributed by atoms with van der Waals surface area (Å²) in [6.45, 7) is 3.00. The van der Waals surface area contributed by atoms with Crippen LogP contribution in [-0.2, 0) is 4.79 Å². The van der Waals surface area contributed by atoms with E-state index in [0.717, 1.165) is 12.1 Å². The van der Waals surface area contributed by atoms with Crippen LogP contribution in [0.3, 0.4) is 0 Å². The Morgan fingerprint density at radius 3 is 2.50 bits per heavy atom. The zero-order valence-electron chi connectivity index (χ0n) is 8.96. The van der Waals surface area contributed by atoms with E-state index < -0.39 is 23.2 Å². The van der Waals surface area contributed by atoms with Crippen LogP contribution in [-0.4, -0.2) is 16.7 Å². The van der Waals surface area contributed by atoms with Gasteiger partial charge in [0, 0.05) is 6.07 Å². The molecule has 16 heavy (non-hydrogen) atoms. The highest BCUT2D eigenvalue weighted by atomic mass is 19.2. The lowest BCUT2D eigenvalue weighted by molar-refractivity contribution is -0.154. The maximum absolute atomic E-state index is 12.9. The molecule has 0 aromatic heterocycles. The van der Waals surface area contributed by atoms with E-state index in [1.54, 1.807) is 6.92 Å². The van der Waals surface area contributed by atoms with Gasteiger partial charge >= 0.3 is 5.97 Å². The Labute approximate surface area is 91.7 Å². The normalized spacial score (nSPS) is 14.2. The molecule has 0 bridgehead atoms. The van der Waals surface area contributed by atoms with Gasteiger partial charge in [-0.15, -0.1) is 0 Å². The van der Waals surface area contributed by atoms with Gasteiger partial charge in [0.1, 0.15) is 5.75 Å². The van der Waals surface area contributed by atoms with Crippen molar-refractivity contribution in [1.29, 1.82) is 0 Å². The van der Waals surface area contributed by atoms with Crippen LogP contribution < -0.4 is 4.74 Å². The second-order valence-corrected chi connectivity index (χ2v) is 3.57. The highest BCUT2D eigenvalue weighted by Crippen LogP contribution is 2.23. The second-order valence-electron chi connectivity index (χ2n) is 3.57. The van der Waals surface area contributed by atoms with Gasteiger partial charge in [-0.05, 0) is 25.5 Å². The van der Waals surface area contributed by atoms with Gasteiger partial charge in [-0.3, -0.25) is 0 Å². The molecule has 0 radical (unpaired) electrons. The molecule has 5 heteroatoms. The van der Waals surface area contributed by atoms with Crippen molar-refractivity contribution >= 4 is 5.97 Å². The Balaban J connectivity index is 2.95. The molecule has 1 unspecified atom stereocenters. The van der Waals surface area contributed by atoms with E-state index >= 15 is 0 Å². The number of carboxylic acid groups (broad SMARTS) is 1. The SMILES string of the molecule is CCC(C)(Oc1ccc(F)c(F)c1)C(=O)O. The highest BCUT2D eigenvalue weighted by molar-refractivity contribution is 5.77. The van der Waals surface area contributed by atoms with E-state index in [4.69, 9.17) is 9.84 Å². The third kappa shape index (κ3) is 2.48. The average molecular weight is 230 g/mol. The van der Waals surface area contributed by atoms with Crippen molar-refractivity contribution in [2.75, 3.05) is 0 Å². The summed E-state index contributed by atoms with van der Waals surface area (Å²) in [5.41, 5.74) is -1.44. The fourth-order valence-electron chi connectivity index (χ4n) is 1.07. The van der Waals surface area contributed by atoms with Gasteiger partial charge in [-0.1, -0.05) is 6.92 Å². The van der Waals surface area contributed by atoms with Crippen LogP contribution in [0, 0.1) is 11.6 Å². The number of carboxylic acids is 1. The number of rotatable bonds is 4. The van der Waals surface area contributed by atoms with Gasteiger partial charge in [-0.25, -0.2) is 13.6 Å². The van der Waals surface area contributed by atoms with Crippen molar-refractivity contribution in [2.24, 2.45) is 0 Å². The Bertz CT molecular complexity index is 406. The minimum absolute atomic E-state index is 0.00866. The Morgan fingerprint density at radius 1 is 1.44 bits per heavy atom. The van der Waals surface area contributed by atoms with Crippen LogP contribution in [0.1, 0.15) is 20.3 Å². The standard InChI is InChI=1S/C11H12F2O3/c1-3-11(2,10(14)15)16-7-4-5-8(12)9(13)6-7/h4-6H,3H2,1-2H3,(H,14,15). The van der Waals surface area contributed by atoms with Crippen molar-refractivity contribution < 1.29 is 23.4 Å². The molecule has 88 valence electrons. The van der Waals surface area contributed by atoms with Crippen molar-refractivity contribution in [3.8, 4) is 5.75 Å². The van der Waals surface area contributed by atoms with E-state index in [0.29, 0.717) is 0 Å². The molecule has 0 amide bonds. The summed E-state index contributed by atoms with van der Waals surface area (Å²) in [6, 6.07) is 2.91. The molecular weight excluding hydrogens is 218 g/mol. The maximum Gasteiger partial charge on any atom is 0.347 e. The molecule has 0 heterocycles. The smallest absolute Gasteiger partial charge is 0.347 e. The van der Waals surface area contributed by atoms with Gasteiger partial charge in [-0.2, -0.15) is 0 Å². The number of benzene rings is 1. The number of hydrogen-bond donors (Lipinski definition) is 1. The Kier molecular flexibility index (Phi) is 3.47. The first-order valence-corrected chi connectivity index (χ1v) is 4.76. The van der Waals surface area contributed by atoms with Crippen LogP contribution in [0.4, 0.5) is 8.78 Å². The van der Waals surface area contributed by atoms with Gasteiger partial charge in [0.05, 0.1) is 0 Å². The molecule has 1 N–H and O–H groups in total. The number of hydrogen-bond acceptors (Lipinski definition) is 2. The lowest BCUT2D eigenvalue weighted by Crippen LogP contribution is -2.40. The Morgan fingerprint density at radius 2 is 2.06 bits per heavy atom. The topological polar surface area (TPSA) is 46.5 Å². The molecule has 1 atom stereocenters. The van der Waals surface area contributed by atoms with E-state index in [9.17, 15) is 13.6 Å². The molecule has 3 nitrogen and oxygen atoms in total. The molecule has 0 aliphatic heterocycles. The van der Waals surface area contributed by atoms with E-state index in [-0.39, 0.29) is 12.2 Å². The fraction of sp³-hybridized carbons (Fsp3) is 0.364. The predicted molar refractivity (Wildman–Crippen MR) is 53.3 cm³/mol. The fourth-order valence-corrected chi connectivity index (χ4v) is 1.07. The summed E-state index contributed by atoms with van der Waals surface area (Å²) in [5.74, 6) is -3.23. The summed E-state index contributed by atoms with van der Waals surface area (Å²) < 4.78 is 30.6. The second kappa shape index (κ2) is 4.47. The predicted octanol–water partition coefficient (Wildman–Crippen LogP) is 2.60. The molecule has 0 spiro atoms. The summed E-state index contributed by atoms with van der Waals surface area (Å²) in [6.07, 6.45) is 0.210. The summed E-state index contributed by atoms with van der Waals surface area (Å²) in [4.78, 5) is 10.9. The average Bonchev–Trinajstić information content (AvgIpc) is 2.23. The number of aliphatic carboxylic acids is 1. The van der Waals surface area contributed by atoms with Crippen molar-refractivity contribution in [1.82, 2.24) is 0 Å². The van der Waals surface area contributed by atoms with Crippen LogP contribution in [0.2, 0.25) is 0 Å². The zero-order valence-corrected chi connectivity index (χ0v) is 8.96. The van der Waals surface area contributed by atoms with E-state index in [2.05, 4.69) is 0 Å². The molecular formula is C11H12F2O3. The summed E-state index contributed by atoms with van der Waals surface area (Å²) >= 11 is 0. The van der Waals surface area contributed by atoms with Gasteiger partial charge in [0.15, 0.2) is 11.6 Å². The van der Waals surface area contributed by atoms with Crippen LogP contribution in [0.5, 0.6) is 5.75 Å². The number of ether oxygens (including phenoxy) is 1. The van der Waals surface area contributed by atoms with Gasteiger partial charge in [0.25, 0.3) is 0 Å². The third-order valence-corrected chi connectivity index (χ3v) is 2.36. The molecule has 1 aromatic carbocycles. The lowest BCUT2D eigenvalue weighted by atomic mass is 10.0. The molecule has 0 saturated carbocycles. The first-order valence-electron chi connectivity index (χ1n) is 4.76. The van der Waals surface area contributed by atoms with Crippen LogP contribution in [0.25, 0.3) is 0 Å². The first kappa shape index (κ1) is 12.4. The lowest BCUT2D eigenvalue weighted by Gasteiger charge is -2.24. The molecule has 0 fully saturated rings. The molecule has 0 aliphatic carbocycles. The van der Waals surface area contributed by atoms with E-state index in [1.165, 1.54) is 13.0 Å². The largest absolute Gasteiger partial charge is 0.478 e. The van der Waals surface area contributed by atoms with Crippen molar-refractivity contribution in [2.45, 2.75) is 25.9 Å². The van der Waals surface area contributed by atoms with Crippen LogP contribution in [0.15, 0.2) is 18.2 Å². The molecule has 0 saturated heterocycles. The first-order chi connectivity index (χ1) is 7.39. The summed E-state index contributed by atoms with van der Waals surface area (Å²) in [7, 11) is 0. The van der Waals surface area contributed by atoms with Crippen molar-refractivity contribution in [3.63, 3.8) is 0 Å². The highest BCUT2D eigenvalue weighted by Gasteiger charge is 2.33. The minimum atomic E-state index is -1.44. The molecule has 1 rings (SSSR count). The molecule has 1 aromatic rings. The Hall–Kier alpha value is -1.65. The summed E-state index contributed by atoms with van der Waals surface area (Å²) in [5, 5.41) is 8.92. The van der Waals surface area contributed by atoms with Gasteiger partial charge < -0.3 is 9.84 Å². The monoisotopic (exact) mass is 230 g/mol. The number of halogens is 2. The zero-order chi connectivity index (χ0) is 12.3. The van der Waals surface area contributed by atoms with Gasteiger partial charge in [0.2, 0.25) is 5.60 Å².